The molecular formula is C24H33FN2O4. The molecule has 5 rings (SSSR count). The van der Waals surface area contributed by atoms with Gasteiger partial charge in [-0.1, -0.05) is 12.1 Å². The van der Waals surface area contributed by atoms with Crippen LogP contribution in [0, 0.1) is 5.41 Å². The molecule has 6 nitrogen and oxygen atoms in total. The topological polar surface area (TPSA) is 85.0 Å². The summed E-state index contributed by atoms with van der Waals surface area (Å²) in [5, 5.41) is 8.87. The summed E-state index contributed by atoms with van der Waals surface area (Å²) in [6, 6.07) is 8.14. The Hall–Kier alpha value is -1.96. The zero-order valence-corrected chi connectivity index (χ0v) is 18.0. The van der Waals surface area contributed by atoms with E-state index in [1.807, 2.05) is 17.0 Å². The normalized spacial score (nSPS) is 28.5. The molecule has 2 bridgehead atoms. The van der Waals surface area contributed by atoms with Crippen molar-refractivity contribution in [2.45, 2.75) is 50.0 Å². The van der Waals surface area contributed by atoms with Crippen molar-refractivity contribution in [3.05, 3.63) is 41.7 Å². The molecule has 4 aliphatic rings. The third kappa shape index (κ3) is 4.36. The summed E-state index contributed by atoms with van der Waals surface area (Å²) in [5.74, 6) is 1.00. The summed E-state index contributed by atoms with van der Waals surface area (Å²) in [4.78, 5) is 15.1. The zero-order valence-electron chi connectivity index (χ0n) is 18.0. The van der Waals surface area contributed by atoms with E-state index in [2.05, 4.69) is 12.1 Å². The van der Waals surface area contributed by atoms with Gasteiger partial charge in [-0.05, 0) is 61.6 Å². The first kappa shape index (κ1) is 22.2. The fourth-order valence-corrected chi connectivity index (χ4v) is 5.42. The van der Waals surface area contributed by atoms with Crippen LogP contribution >= 0.6 is 0 Å². The third-order valence-electron chi connectivity index (χ3n) is 7.59. The van der Waals surface area contributed by atoms with Crippen LogP contribution in [0.15, 0.2) is 36.2 Å². The first-order chi connectivity index (χ1) is 15.0. The highest BCUT2D eigenvalue weighted by Gasteiger charge is 2.55. The van der Waals surface area contributed by atoms with Crippen LogP contribution in [0.2, 0.25) is 0 Å². The number of carbonyl (C=O) groups is 1. The number of ether oxygens (including phenoxy) is 2. The second-order valence-corrected chi connectivity index (χ2v) is 9.27. The number of hydrogen-bond acceptors (Lipinski definition) is 5. The van der Waals surface area contributed by atoms with Crippen LogP contribution in [-0.4, -0.2) is 61.5 Å². The number of benzene rings is 1. The Bertz CT molecular complexity index is 780. The number of aliphatic hydroxyl groups is 1. The second kappa shape index (κ2) is 9.27. The van der Waals surface area contributed by atoms with Gasteiger partial charge in [0.2, 0.25) is 5.91 Å². The fraction of sp³-hybridized carbons (Fsp3) is 0.625. The molecule has 170 valence electrons. The van der Waals surface area contributed by atoms with E-state index in [1.54, 1.807) is 0 Å². The lowest BCUT2D eigenvalue weighted by atomic mass is 9.51. The molecule has 1 saturated heterocycles. The number of nitrogens with zero attached hydrogens (tertiary/aromatic N) is 1. The summed E-state index contributed by atoms with van der Waals surface area (Å²) in [6.07, 6.45) is 6.46. The molecule has 3 saturated carbocycles. The monoisotopic (exact) mass is 432 g/mol. The maximum Gasteiger partial charge on any atom is 0.228 e. The number of likely N-dealkylation sites (tertiary alicyclic amines) is 1. The molecule has 1 aliphatic heterocycles. The lowest BCUT2D eigenvalue weighted by Gasteiger charge is -2.55. The highest BCUT2D eigenvalue weighted by atomic mass is 19.1. The first-order valence-electron chi connectivity index (χ1n) is 11.3. The van der Waals surface area contributed by atoms with Crippen molar-refractivity contribution in [2.75, 3.05) is 39.5 Å². The van der Waals surface area contributed by atoms with Gasteiger partial charge in [-0.25, -0.2) is 4.39 Å². The first-order valence-corrected chi connectivity index (χ1v) is 11.3. The van der Waals surface area contributed by atoms with Gasteiger partial charge in [-0.15, -0.1) is 0 Å². The summed E-state index contributed by atoms with van der Waals surface area (Å²) in [7, 11) is 0. The second-order valence-electron chi connectivity index (χ2n) is 9.27. The molecule has 0 atom stereocenters. The van der Waals surface area contributed by atoms with E-state index in [1.165, 1.54) is 5.56 Å². The van der Waals surface area contributed by atoms with Crippen molar-refractivity contribution in [2.24, 2.45) is 11.1 Å². The van der Waals surface area contributed by atoms with E-state index in [0.717, 1.165) is 38.5 Å². The van der Waals surface area contributed by atoms with Crippen LogP contribution in [0.1, 0.15) is 44.1 Å². The van der Waals surface area contributed by atoms with Crippen molar-refractivity contribution in [1.29, 1.82) is 0 Å². The molecule has 0 unspecified atom stereocenters. The van der Waals surface area contributed by atoms with E-state index in [-0.39, 0.29) is 36.7 Å². The fourth-order valence-electron chi connectivity index (χ4n) is 5.42. The maximum atomic E-state index is 13.2. The van der Waals surface area contributed by atoms with E-state index in [4.69, 9.17) is 20.3 Å². The van der Waals surface area contributed by atoms with E-state index < -0.39 is 0 Å². The minimum Gasteiger partial charge on any atom is -0.489 e. The van der Waals surface area contributed by atoms with Crippen LogP contribution in [0.4, 0.5) is 4.39 Å². The SMILES string of the molecule is NCC(=CF)COc1ccc(C23CCC(C(=O)N4CC(OCCO)C4)(CC2)CC3)cc1. The molecule has 3 N–H and O–H groups in total. The van der Waals surface area contributed by atoms with Gasteiger partial charge in [-0.3, -0.25) is 4.79 Å². The molecule has 0 spiro atoms. The molecule has 1 aromatic rings. The number of fused-ring (bicyclic) bond motifs is 3. The molecule has 1 amide bonds. The van der Waals surface area contributed by atoms with Crippen LogP contribution in [-0.2, 0) is 14.9 Å². The molecular weight excluding hydrogens is 399 g/mol. The van der Waals surface area contributed by atoms with Gasteiger partial charge in [0, 0.05) is 30.6 Å². The Kier molecular flexibility index (Phi) is 6.65. The summed E-state index contributed by atoms with van der Waals surface area (Å²) in [5.41, 5.74) is 7.14. The highest BCUT2D eigenvalue weighted by Crippen LogP contribution is 2.58. The van der Waals surface area contributed by atoms with Crippen molar-refractivity contribution >= 4 is 5.91 Å². The Morgan fingerprint density at radius 2 is 1.81 bits per heavy atom. The molecule has 0 radical (unpaired) electrons. The molecule has 0 aromatic heterocycles. The number of halogens is 1. The quantitative estimate of drug-likeness (QED) is 0.627. The van der Waals surface area contributed by atoms with Crippen LogP contribution in [0.3, 0.4) is 0 Å². The largest absolute Gasteiger partial charge is 0.489 e. The number of amides is 1. The zero-order chi connectivity index (χ0) is 21.9. The van der Waals surface area contributed by atoms with E-state index in [0.29, 0.717) is 43.3 Å². The summed E-state index contributed by atoms with van der Waals surface area (Å²) >= 11 is 0. The Balaban J connectivity index is 1.33. The molecule has 31 heavy (non-hydrogen) atoms. The standard InChI is InChI=1S/C24H33FN2O4/c25-13-18(14-26)17-31-20-3-1-19(2-4-20)23-5-8-24(9-6-23,10-7-23)22(29)27-15-21(16-27)30-12-11-28/h1-4,13,21,28H,5-12,14-17,26H2. The number of rotatable bonds is 9. The Labute approximate surface area is 183 Å². The number of nitrogens with two attached hydrogens (primary N) is 1. The average Bonchev–Trinajstić information content (AvgIpc) is 2.80. The molecule has 3 aliphatic carbocycles. The molecule has 1 aromatic carbocycles. The van der Waals surface area contributed by atoms with Gasteiger partial charge in [0.05, 0.1) is 25.6 Å². The van der Waals surface area contributed by atoms with E-state index >= 15 is 0 Å². The molecule has 1 heterocycles. The Morgan fingerprint density at radius 3 is 2.35 bits per heavy atom. The molecule has 4 fully saturated rings. The maximum absolute atomic E-state index is 13.2. The van der Waals surface area contributed by atoms with Crippen LogP contribution < -0.4 is 10.5 Å². The lowest BCUT2D eigenvalue weighted by Crippen LogP contribution is -2.61. The average molecular weight is 433 g/mol. The summed E-state index contributed by atoms with van der Waals surface area (Å²) in [6.45, 7) is 1.96. The number of carbonyl (C=O) groups excluding carboxylic acids is 1. The van der Waals surface area contributed by atoms with Crippen molar-refractivity contribution < 1.29 is 23.8 Å². The smallest absolute Gasteiger partial charge is 0.228 e. The van der Waals surface area contributed by atoms with Gasteiger partial charge in [0.15, 0.2) is 0 Å². The minimum atomic E-state index is -0.204. The van der Waals surface area contributed by atoms with Gasteiger partial charge < -0.3 is 25.2 Å². The van der Waals surface area contributed by atoms with Gasteiger partial charge >= 0.3 is 0 Å². The lowest BCUT2D eigenvalue weighted by molar-refractivity contribution is -0.163. The van der Waals surface area contributed by atoms with E-state index in [9.17, 15) is 9.18 Å². The number of hydrogen-bond donors (Lipinski definition) is 2. The van der Waals surface area contributed by atoms with Gasteiger partial charge in [0.1, 0.15) is 12.4 Å². The van der Waals surface area contributed by atoms with Gasteiger partial charge in [-0.2, -0.15) is 0 Å². The third-order valence-corrected chi connectivity index (χ3v) is 7.59. The minimum absolute atomic E-state index is 0.0208. The number of aliphatic hydroxyl groups excluding tert-OH is 1. The van der Waals surface area contributed by atoms with Crippen molar-refractivity contribution in [3.8, 4) is 5.75 Å². The van der Waals surface area contributed by atoms with Crippen molar-refractivity contribution in [1.82, 2.24) is 4.90 Å². The molecule has 7 heteroatoms. The highest BCUT2D eigenvalue weighted by molar-refractivity contribution is 5.84. The predicted molar refractivity (Wildman–Crippen MR) is 115 cm³/mol. The predicted octanol–water partition coefficient (Wildman–Crippen LogP) is 2.69. The van der Waals surface area contributed by atoms with Crippen LogP contribution in [0.5, 0.6) is 5.75 Å². The van der Waals surface area contributed by atoms with Crippen molar-refractivity contribution in [3.63, 3.8) is 0 Å². The van der Waals surface area contributed by atoms with Crippen LogP contribution in [0.25, 0.3) is 0 Å². The van der Waals surface area contributed by atoms with Gasteiger partial charge in [0.25, 0.3) is 0 Å². The summed E-state index contributed by atoms with van der Waals surface area (Å²) < 4.78 is 23.8. The Morgan fingerprint density at radius 1 is 1.16 bits per heavy atom.